The van der Waals surface area contributed by atoms with Crippen molar-refractivity contribution in [3.05, 3.63) is 52.1 Å². The van der Waals surface area contributed by atoms with Gasteiger partial charge in [-0.05, 0) is 23.8 Å². The lowest BCUT2D eigenvalue weighted by molar-refractivity contribution is -0.384. The average Bonchev–Trinajstić information content (AvgIpc) is 2.46. The summed E-state index contributed by atoms with van der Waals surface area (Å²) in [6.07, 6.45) is 5.24. The second kappa shape index (κ2) is 6.52. The second-order valence-corrected chi connectivity index (χ2v) is 5.46. The molecule has 2 rings (SSSR count). The Bertz CT molecular complexity index is 526. The maximum atomic E-state index is 10.8. The van der Waals surface area contributed by atoms with Gasteiger partial charge in [-0.15, -0.1) is 11.8 Å². The Morgan fingerprint density at radius 3 is 3.00 bits per heavy atom. The molecule has 0 aromatic heterocycles. The molecule has 19 heavy (non-hydrogen) atoms. The summed E-state index contributed by atoms with van der Waals surface area (Å²) in [6.45, 7) is 2.82. The maximum absolute atomic E-state index is 10.8. The lowest BCUT2D eigenvalue weighted by Gasteiger charge is -2.15. The summed E-state index contributed by atoms with van der Waals surface area (Å²) in [5.41, 5.74) is 1.09. The number of nitrogens with zero attached hydrogens (tertiary/aromatic N) is 2. The number of hydrogen-bond acceptors (Lipinski definition) is 4. The number of nitro groups is 1. The van der Waals surface area contributed by atoms with Crippen LogP contribution in [0.3, 0.4) is 0 Å². The van der Waals surface area contributed by atoms with Crippen LogP contribution in [0.15, 0.2) is 41.4 Å². The summed E-state index contributed by atoms with van der Waals surface area (Å²) in [6, 6.07) is 6.80. The third-order valence-electron chi connectivity index (χ3n) is 2.88. The van der Waals surface area contributed by atoms with Crippen molar-refractivity contribution >= 4 is 22.5 Å². The van der Waals surface area contributed by atoms with E-state index in [0.29, 0.717) is 6.54 Å². The molecule has 0 amide bonds. The molecule has 0 fully saturated rings. The molecule has 0 spiro atoms. The van der Waals surface area contributed by atoms with E-state index >= 15 is 0 Å². The molecule has 0 radical (unpaired) electrons. The van der Waals surface area contributed by atoms with Crippen LogP contribution in [0.2, 0.25) is 0 Å². The normalized spacial score (nSPS) is 18.2. The fourth-order valence-corrected chi connectivity index (χ4v) is 2.64. The fourth-order valence-electron chi connectivity index (χ4n) is 1.89. The van der Waals surface area contributed by atoms with Crippen molar-refractivity contribution in [2.45, 2.75) is 19.3 Å². The zero-order valence-electron chi connectivity index (χ0n) is 10.8. The summed E-state index contributed by atoms with van der Waals surface area (Å²) in [5.74, 6) is 1.22. The molecule has 5 heteroatoms. The van der Waals surface area contributed by atoms with Gasteiger partial charge < -0.3 is 0 Å². The number of hydrogen-bond donors (Lipinski definition) is 0. The van der Waals surface area contributed by atoms with Gasteiger partial charge >= 0.3 is 0 Å². The quantitative estimate of drug-likeness (QED) is 0.621. The molecule has 1 aliphatic rings. The standard InChI is InChI=1S/C14H16N2O2S/c1-2-8-19-14-7-6-12(10-15-14)11-4-3-5-13(9-11)16(17)18/h3-7,9,12H,2,8,10H2,1H3. The molecule has 0 bridgehead atoms. The Labute approximate surface area is 116 Å². The van der Waals surface area contributed by atoms with Crippen LogP contribution in [0.4, 0.5) is 5.69 Å². The first-order valence-electron chi connectivity index (χ1n) is 6.30. The summed E-state index contributed by atoms with van der Waals surface area (Å²) in [7, 11) is 0. The van der Waals surface area contributed by atoms with E-state index in [-0.39, 0.29) is 16.5 Å². The molecule has 0 saturated heterocycles. The Morgan fingerprint density at radius 2 is 2.37 bits per heavy atom. The average molecular weight is 276 g/mol. The third kappa shape index (κ3) is 3.67. The van der Waals surface area contributed by atoms with E-state index in [1.165, 1.54) is 6.07 Å². The van der Waals surface area contributed by atoms with Crippen molar-refractivity contribution in [1.29, 1.82) is 0 Å². The largest absolute Gasteiger partial charge is 0.277 e. The minimum atomic E-state index is -0.359. The highest BCUT2D eigenvalue weighted by Crippen LogP contribution is 2.25. The molecule has 1 aliphatic heterocycles. The van der Waals surface area contributed by atoms with E-state index < -0.39 is 0 Å². The van der Waals surface area contributed by atoms with E-state index in [2.05, 4.69) is 18.0 Å². The lowest BCUT2D eigenvalue weighted by Crippen LogP contribution is -2.07. The number of nitro benzene ring substituents is 1. The third-order valence-corrected chi connectivity index (χ3v) is 4.05. The monoisotopic (exact) mass is 276 g/mol. The van der Waals surface area contributed by atoms with Crippen molar-refractivity contribution in [2.75, 3.05) is 12.3 Å². The number of dihydropyridines is 1. The Kier molecular flexibility index (Phi) is 4.74. The zero-order chi connectivity index (χ0) is 13.7. The van der Waals surface area contributed by atoms with Crippen LogP contribution in [0, 0.1) is 10.1 Å². The first-order chi connectivity index (χ1) is 9.20. The highest BCUT2D eigenvalue weighted by Gasteiger charge is 2.15. The molecule has 1 aromatic carbocycles. The van der Waals surface area contributed by atoms with Gasteiger partial charge in [0.25, 0.3) is 5.69 Å². The highest BCUT2D eigenvalue weighted by molar-refractivity contribution is 8.14. The van der Waals surface area contributed by atoms with Crippen LogP contribution in [0.1, 0.15) is 24.8 Å². The number of non-ortho nitro benzene ring substituents is 1. The van der Waals surface area contributed by atoms with Crippen molar-refractivity contribution < 1.29 is 4.92 Å². The molecule has 100 valence electrons. The van der Waals surface area contributed by atoms with Crippen molar-refractivity contribution in [3.63, 3.8) is 0 Å². The highest BCUT2D eigenvalue weighted by atomic mass is 32.2. The summed E-state index contributed by atoms with van der Waals surface area (Å²) < 4.78 is 0. The molecule has 1 heterocycles. The van der Waals surface area contributed by atoms with Gasteiger partial charge in [0.1, 0.15) is 0 Å². The van der Waals surface area contributed by atoms with E-state index in [0.717, 1.165) is 22.8 Å². The SMILES string of the molecule is CCCSC1=NCC(c2cccc([N+](=O)[O-])c2)C=C1. The molecule has 4 nitrogen and oxygen atoms in total. The van der Waals surface area contributed by atoms with E-state index in [9.17, 15) is 10.1 Å². The molecule has 0 aliphatic carbocycles. The molecular formula is C14H16N2O2S. The van der Waals surface area contributed by atoms with Crippen LogP contribution in [0.25, 0.3) is 0 Å². The Hall–Kier alpha value is -1.62. The van der Waals surface area contributed by atoms with E-state index in [4.69, 9.17) is 0 Å². The van der Waals surface area contributed by atoms with Crippen LogP contribution in [-0.4, -0.2) is 22.3 Å². The smallest absolute Gasteiger partial charge is 0.269 e. The second-order valence-electron chi connectivity index (χ2n) is 4.35. The van der Waals surface area contributed by atoms with E-state index in [1.807, 2.05) is 12.1 Å². The van der Waals surface area contributed by atoms with Crippen LogP contribution in [-0.2, 0) is 0 Å². The Morgan fingerprint density at radius 1 is 1.53 bits per heavy atom. The Balaban J connectivity index is 2.06. The van der Waals surface area contributed by atoms with Gasteiger partial charge in [-0.3, -0.25) is 15.1 Å². The van der Waals surface area contributed by atoms with Gasteiger partial charge in [0.15, 0.2) is 0 Å². The molecule has 0 N–H and O–H groups in total. The number of aliphatic imine (C=N–C) groups is 1. The topological polar surface area (TPSA) is 55.5 Å². The first-order valence-corrected chi connectivity index (χ1v) is 7.29. The fraction of sp³-hybridized carbons (Fsp3) is 0.357. The molecule has 1 atom stereocenters. The number of thioether (sulfide) groups is 1. The molecule has 1 aromatic rings. The van der Waals surface area contributed by atoms with Gasteiger partial charge in [-0.2, -0.15) is 0 Å². The molecule has 1 unspecified atom stereocenters. The number of benzene rings is 1. The summed E-state index contributed by atoms with van der Waals surface area (Å²) in [5, 5.41) is 11.8. The van der Waals surface area contributed by atoms with Crippen molar-refractivity contribution in [2.24, 2.45) is 4.99 Å². The number of rotatable bonds is 4. The predicted octanol–water partition coefficient (Wildman–Crippen LogP) is 3.79. The van der Waals surface area contributed by atoms with Crippen LogP contribution in [0.5, 0.6) is 0 Å². The van der Waals surface area contributed by atoms with Gasteiger partial charge in [0.2, 0.25) is 0 Å². The lowest BCUT2D eigenvalue weighted by atomic mass is 9.97. The molecular weight excluding hydrogens is 260 g/mol. The summed E-state index contributed by atoms with van der Waals surface area (Å²) in [4.78, 5) is 14.9. The first kappa shape index (κ1) is 13.8. The van der Waals surface area contributed by atoms with Gasteiger partial charge in [0, 0.05) is 18.1 Å². The van der Waals surface area contributed by atoms with Crippen molar-refractivity contribution in [3.8, 4) is 0 Å². The van der Waals surface area contributed by atoms with Crippen molar-refractivity contribution in [1.82, 2.24) is 0 Å². The molecule has 0 saturated carbocycles. The van der Waals surface area contributed by atoms with Gasteiger partial charge in [-0.1, -0.05) is 25.1 Å². The van der Waals surface area contributed by atoms with Crippen LogP contribution >= 0.6 is 11.8 Å². The van der Waals surface area contributed by atoms with Crippen LogP contribution < -0.4 is 0 Å². The minimum Gasteiger partial charge on any atom is -0.277 e. The maximum Gasteiger partial charge on any atom is 0.269 e. The van der Waals surface area contributed by atoms with Gasteiger partial charge in [0.05, 0.1) is 16.5 Å². The van der Waals surface area contributed by atoms with E-state index in [1.54, 1.807) is 23.9 Å². The zero-order valence-corrected chi connectivity index (χ0v) is 11.6. The summed E-state index contributed by atoms with van der Waals surface area (Å²) >= 11 is 1.76. The predicted molar refractivity (Wildman–Crippen MR) is 80.0 cm³/mol. The minimum absolute atomic E-state index is 0.140. The van der Waals surface area contributed by atoms with Gasteiger partial charge in [-0.25, -0.2) is 0 Å².